The number of amides is 1. The van der Waals surface area contributed by atoms with Crippen LogP contribution < -0.4 is 4.90 Å². The SMILES string of the molecule is Cc1cc(N2CCN(C(=O)c3c(C4CC4)n[nH]c3C)CC2)n2ncnc2n1. The largest absolute Gasteiger partial charge is 0.353 e. The van der Waals surface area contributed by atoms with Crippen molar-refractivity contribution in [2.75, 3.05) is 31.1 Å². The molecule has 1 saturated heterocycles. The van der Waals surface area contributed by atoms with E-state index >= 15 is 0 Å². The van der Waals surface area contributed by atoms with E-state index in [1.807, 2.05) is 24.8 Å². The van der Waals surface area contributed by atoms with Crippen LogP contribution in [0.25, 0.3) is 5.78 Å². The van der Waals surface area contributed by atoms with E-state index in [-0.39, 0.29) is 5.91 Å². The van der Waals surface area contributed by atoms with Gasteiger partial charge < -0.3 is 9.80 Å². The lowest BCUT2D eigenvalue weighted by Gasteiger charge is -2.36. The summed E-state index contributed by atoms with van der Waals surface area (Å²) in [4.78, 5) is 25.9. The van der Waals surface area contributed by atoms with Gasteiger partial charge in [0.1, 0.15) is 12.1 Å². The van der Waals surface area contributed by atoms with Crippen LogP contribution in [0.5, 0.6) is 0 Å². The molecular formula is C18H22N8O. The summed E-state index contributed by atoms with van der Waals surface area (Å²) in [6.07, 6.45) is 3.79. The second kappa shape index (κ2) is 6.04. The first-order chi connectivity index (χ1) is 13.1. The number of carbonyl (C=O) groups excluding carboxylic acids is 1. The van der Waals surface area contributed by atoms with Gasteiger partial charge in [0, 0.05) is 49.6 Å². The molecule has 2 fully saturated rings. The van der Waals surface area contributed by atoms with Crippen molar-refractivity contribution >= 4 is 17.5 Å². The van der Waals surface area contributed by atoms with Crippen LogP contribution in [-0.2, 0) is 0 Å². The third-order valence-corrected chi connectivity index (χ3v) is 5.41. The zero-order chi connectivity index (χ0) is 18.5. The summed E-state index contributed by atoms with van der Waals surface area (Å²) in [6.45, 7) is 6.73. The Kier molecular flexibility index (Phi) is 3.63. The number of nitrogens with zero attached hydrogens (tertiary/aromatic N) is 7. The van der Waals surface area contributed by atoms with Crippen molar-refractivity contribution in [3.8, 4) is 0 Å². The minimum atomic E-state index is 0.0969. The van der Waals surface area contributed by atoms with Gasteiger partial charge >= 0.3 is 0 Å². The molecule has 1 N–H and O–H groups in total. The summed E-state index contributed by atoms with van der Waals surface area (Å²) >= 11 is 0. The fourth-order valence-electron chi connectivity index (χ4n) is 3.80. The van der Waals surface area contributed by atoms with E-state index in [0.717, 1.165) is 54.4 Å². The number of carbonyl (C=O) groups is 1. The predicted octanol–water partition coefficient (Wildman–Crippen LogP) is 1.30. The number of H-pyrrole nitrogens is 1. The van der Waals surface area contributed by atoms with Crippen molar-refractivity contribution in [2.24, 2.45) is 0 Å². The molecule has 4 heterocycles. The lowest BCUT2D eigenvalue weighted by Crippen LogP contribution is -2.49. The minimum absolute atomic E-state index is 0.0969. The quantitative estimate of drug-likeness (QED) is 0.751. The second-order valence-electron chi connectivity index (χ2n) is 7.39. The highest BCUT2D eigenvalue weighted by molar-refractivity contribution is 5.96. The second-order valence-corrected chi connectivity index (χ2v) is 7.39. The zero-order valence-corrected chi connectivity index (χ0v) is 15.5. The molecule has 9 heteroatoms. The number of piperazine rings is 1. The van der Waals surface area contributed by atoms with Gasteiger partial charge in [-0.2, -0.15) is 19.7 Å². The Balaban J connectivity index is 1.35. The molecule has 3 aromatic rings. The third kappa shape index (κ3) is 2.73. The molecule has 5 rings (SSSR count). The van der Waals surface area contributed by atoms with Gasteiger partial charge in [0.05, 0.1) is 11.3 Å². The highest BCUT2D eigenvalue weighted by Gasteiger charge is 2.34. The van der Waals surface area contributed by atoms with Gasteiger partial charge in [0.15, 0.2) is 0 Å². The van der Waals surface area contributed by atoms with Crippen LogP contribution in [0.4, 0.5) is 5.82 Å². The number of hydrogen-bond donors (Lipinski definition) is 1. The first kappa shape index (κ1) is 16.2. The molecule has 3 aromatic heterocycles. The van der Waals surface area contributed by atoms with Crippen molar-refractivity contribution in [1.82, 2.24) is 34.7 Å². The summed E-state index contributed by atoms with van der Waals surface area (Å²) in [7, 11) is 0. The minimum Gasteiger partial charge on any atom is -0.353 e. The summed E-state index contributed by atoms with van der Waals surface area (Å²) in [5, 5.41) is 11.7. The van der Waals surface area contributed by atoms with E-state index in [1.54, 1.807) is 4.52 Å². The maximum absolute atomic E-state index is 13.1. The van der Waals surface area contributed by atoms with Crippen molar-refractivity contribution < 1.29 is 4.79 Å². The monoisotopic (exact) mass is 366 g/mol. The third-order valence-electron chi connectivity index (χ3n) is 5.41. The van der Waals surface area contributed by atoms with Crippen molar-refractivity contribution in [3.63, 3.8) is 0 Å². The van der Waals surface area contributed by atoms with E-state index in [9.17, 15) is 4.79 Å². The van der Waals surface area contributed by atoms with E-state index < -0.39 is 0 Å². The van der Waals surface area contributed by atoms with Gasteiger partial charge in [-0.05, 0) is 26.7 Å². The molecule has 0 aromatic carbocycles. The average Bonchev–Trinajstić information content (AvgIpc) is 3.28. The summed E-state index contributed by atoms with van der Waals surface area (Å²) in [6, 6.07) is 2.02. The average molecular weight is 366 g/mol. The molecular weight excluding hydrogens is 344 g/mol. The van der Waals surface area contributed by atoms with E-state index in [0.29, 0.717) is 24.8 Å². The lowest BCUT2D eigenvalue weighted by atomic mass is 10.1. The molecule has 1 saturated carbocycles. The molecule has 1 amide bonds. The Labute approximate surface area is 156 Å². The van der Waals surface area contributed by atoms with E-state index in [4.69, 9.17) is 0 Å². The molecule has 0 atom stereocenters. The Morgan fingerprint density at radius 1 is 1.19 bits per heavy atom. The lowest BCUT2D eigenvalue weighted by molar-refractivity contribution is 0.0744. The van der Waals surface area contributed by atoms with Crippen LogP contribution in [0.2, 0.25) is 0 Å². The molecule has 1 aliphatic heterocycles. The summed E-state index contributed by atoms with van der Waals surface area (Å²) in [5.74, 6) is 2.13. The van der Waals surface area contributed by atoms with Crippen LogP contribution in [0.3, 0.4) is 0 Å². The molecule has 27 heavy (non-hydrogen) atoms. The Hall–Kier alpha value is -2.97. The molecule has 0 bridgehead atoms. The van der Waals surface area contributed by atoms with Crippen molar-refractivity contribution in [3.05, 3.63) is 35.0 Å². The molecule has 2 aliphatic rings. The number of aromatic nitrogens is 6. The standard InChI is InChI=1S/C18H22N8O/c1-11-9-14(26-18(21-11)19-10-20-26)24-5-7-25(8-6-24)17(27)15-12(2)22-23-16(15)13-3-4-13/h9-10,13H,3-8H2,1-2H3,(H,22,23). The Morgan fingerprint density at radius 3 is 2.70 bits per heavy atom. The number of anilines is 1. The van der Waals surface area contributed by atoms with Crippen LogP contribution >= 0.6 is 0 Å². The van der Waals surface area contributed by atoms with Crippen molar-refractivity contribution in [1.29, 1.82) is 0 Å². The first-order valence-electron chi connectivity index (χ1n) is 9.38. The Bertz CT molecular complexity index is 1010. The van der Waals surface area contributed by atoms with Crippen LogP contribution in [0.1, 0.15) is 46.2 Å². The summed E-state index contributed by atoms with van der Waals surface area (Å²) in [5.41, 5.74) is 3.52. The number of hydrogen-bond acceptors (Lipinski definition) is 6. The fraction of sp³-hybridized carbons (Fsp3) is 0.500. The van der Waals surface area contributed by atoms with Crippen molar-refractivity contribution in [2.45, 2.75) is 32.6 Å². The smallest absolute Gasteiger partial charge is 0.257 e. The highest BCUT2D eigenvalue weighted by atomic mass is 16.2. The van der Waals surface area contributed by atoms with Crippen LogP contribution in [0.15, 0.2) is 12.4 Å². The van der Waals surface area contributed by atoms with Gasteiger partial charge in [-0.1, -0.05) is 0 Å². The molecule has 0 unspecified atom stereocenters. The number of aryl methyl sites for hydroxylation is 2. The summed E-state index contributed by atoms with van der Waals surface area (Å²) < 4.78 is 1.76. The Morgan fingerprint density at radius 2 is 1.96 bits per heavy atom. The number of rotatable bonds is 3. The van der Waals surface area contributed by atoms with Crippen LogP contribution in [0, 0.1) is 13.8 Å². The number of aromatic amines is 1. The van der Waals surface area contributed by atoms with Gasteiger partial charge in [-0.3, -0.25) is 9.89 Å². The molecule has 0 spiro atoms. The maximum Gasteiger partial charge on any atom is 0.257 e. The molecule has 0 radical (unpaired) electrons. The normalized spacial score (nSPS) is 17.7. The van der Waals surface area contributed by atoms with Gasteiger partial charge in [-0.15, -0.1) is 0 Å². The molecule has 140 valence electrons. The van der Waals surface area contributed by atoms with E-state index in [1.165, 1.54) is 6.33 Å². The maximum atomic E-state index is 13.1. The molecule has 9 nitrogen and oxygen atoms in total. The van der Waals surface area contributed by atoms with Gasteiger partial charge in [0.2, 0.25) is 0 Å². The number of fused-ring (bicyclic) bond motifs is 1. The van der Waals surface area contributed by atoms with E-state index in [2.05, 4.69) is 30.2 Å². The van der Waals surface area contributed by atoms with Gasteiger partial charge in [0.25, 0.3) is 11.7 Å². The van der Waals surface area contributed by atoms with Crippen LogP contribution in [-0.4, -0.2) is 66.8 Å². The zero-order valence-electron chi connectivity index (χ0n) is 15.5. The predicted molar refractivity (Wildman–Crippen MR) is 98.9 cm³/mol. The number of nitrogens with one attached hydrogen (secondary N) is 1. The highest BCUT2D eigenvalue weighted by Crippen LogP contribution is 2.41. The molecule has 1 aliphatic carbocycles. The first-order valence-corrected chi connectivity index (χ1v) is 9.38. The van der Waals surface area contributed by atoms with Gasteiger partial charge in [-0.25, -0.2) is 4.98 Å². The topological polar surface area (TPSA) is 95.3 Å². The fourth-order valence-corrected chi connectivity index (χ4v) is 3.80.